The quantitative estimate of drug-likeness (QED) is 0.642. The number of hydrogen-bond acceptors (Lipinski definition) is 6. The number of ether oxygens (including phenoxy) is 2. The third-order valence-electron chi connectivity index (χ3n) is 6.19. The number of halogens is 2. The molecule has 4 atom stereocenters. The van der Waals surface area contributed by atoms with E-state index >= 15 is 0 Å². The summed E-state index contributed by atoms with van der Waals surface area (Å²) < 4.78 is 38.3. The largest absolute Gasteiger partial charge is 0.394 e. The van der Waals surface area contributed by atoms with Crippen molar-refractivity contribution in [3.63, 3.8) is 0 Å². The van der Waals surface area contributed by atoms with Gasteiger partial charge in [0.2, 0.25) is 0 Å². The normalized spacial score (nSPS) is 26.7. The highest BCUT2D eigenvalue weighted by atomic mass is 19.1. The summed E-state index contributed by atoms with van der Waals surface area (Å²) in [6.07, 6.45) is -1.78. The molecule has 2 heterocycles. The Morgan fingerprint density at radius 1 is 0.875 bits per heavy atom. The number of rotatable bonds is 8. The maximum Gasteiger partial charge on any atom is 0.123 e. The molecule has 0 amide bonds. The van der Waals surface area contributed by atoms with Gasteiger partial charge in [-0.25, -0.2) is 8.78 Å². The SMILES string of the molecule is OC[C@@H]1O[C@@H](CN(Cc2ccc(F)cc2)Cc2ccc(F)cc2)[C@H](N2CCOCC2)[C@@H]1O. The highest BCUT2D eigenvalue weighted by molar-refractivity contribution is 5.18. The van der Waals surface area contributed by atoms with E-state index in [0.717, 1.165) is 11.1 Å². The predicted octanol–water partition coefficient (Wildman–Crippen LogP) is 1.79. The zero-order valence-corrected chi connectivity index (χ0v) is 17.9. The van der Waals surface area contributed by atoms with Crippen molar-refractivity contribution in [3.8, 4) is 0 Å². The molecule has 32 heavy (non-hydrogen) atoms. The van der Waals surface area contributed by atoms with Gasteiger partial charge >= 0.3 is 0 Å². The highest BCUT2D eigenvalue weighted by Gasteiger charge is 2.46. The third-order valence-corrected chi connectivity index (χ3v) is 6.19. The summed E-state index contributed by atoms with van der Waals surface area (Å²) in [6.45, 7) is 3.87. The van der Waals surface area contributed by atoms with E-state index in [4.69, 9.17) is 9.47 Å². The first-order valence-corrected chi connectivity index (χ1v) is 11.0. The molecule has 8 heteroatoms. The fourth-order valence-electron chi connectivity index (χ4n) is 4.59. The minimum atomic E-state index is -0.804. The Kier molecular flexibility index (Phi) is 7.83. The van der Waals surface area contributed by atoms with Crippen molar-refractivity contribution in [1.29, 1.82) is 0 Å². The lowest BCUT2D eigenvalue weighted by Crippen LogP contribution is -2.54. The fraction of sp³-hybridized carbons (Fsp3) is 0.500. The predicted molar refractivity (Wildman–Crippen MR) is 115 cm³/mol. The molecule has 2 N–H and O–H groups in total. The van der Waals surface area contributed by atoms with Gasteiger partial charge in [-0.1, -0.05) is 24.3 Å². The second-order valence-corrected chi connectivity index (χ2v) is 8.45. The Morgan fingerprint density at radius 3 is 1.91 bits per heavy atom. The molecule has 2 fully saturated rings. The number of benzene rings is 2. The lowest BCUT2D eigenvalue weighted by Gasteiger charge is -2.37. The van der Waals surface area contributed by atoms with Gasteiger partial charge in [-0.05, 0) is 35.4 Å². The standard InChI is InChI=1S/C24H30F2N2O4/c25-19-5-1-17(2-6-19)13-27(14-18-3-7-20(26)8-4-18)15-21-23(24(30)22(16-29)32-21)28-9-11-31-12-10-28/h1-8,21-24,29-30H,9-16H2/t21-,22-,23-,24+/m0/s1. The van der Waals surface area contributed by atoms with Crippen molar-refractivity contribution >= 4 is 0 Å². The molecular weight excluding hydrogens is 418 g/mol. The summed E-state index contributed by atoms with van der Waals surface area (Å²) in [5.41, 5.74) is 1.88. The van der Waals surface area contributed by atoms with Crippen LogP contribution >= 0.6 is 0 Å². The molecule has 0 unspecified atom stereocenters. The lowest BCUT2D eigenvalue weighted by molar-refractivity contribution is -0.0373. The van der Waals surface area contributed by atoms with E-state index in [1.807, 2.05) is 0 Å². The Balaban J connectivity index is 1.54. The van der Waals surface area contributed by atoms with Gasteiger partial charge in [0.1, 0.15) is 23.8 Å². The van der Waals surface area contributed by atoms with Crippen molar-refractivity contribution in [1.82, 2.24) is 9.80 Å². The molecule has 0 radical (unpaired) electrons. The van der Waals surface area contributed by atoms with Crippen molar-refractivity contribution in [3.05, 3.63) is 71.3 Å². The van der Waals surface area contributed by atoms with Gasteiger partial charge < -0.3 is 19.7 Å². The lowest BCUT2D eigenvalue weighted by atomic mass is 10.0. The molecule has 0 aromatic heterocycles. The number of aliphatic hydroxyl groups excluding tert-OH is 2. The van der Waals surface area contributed by atoms with Gasteiger partial charge in [-0.15, -0.1) is 0 Å². The first-order chi connectivity index (χ1) is 15.5. The van der Waals surface area contributed by atoms with E-state index in [0.29, 0.717) is 45.9 Å². The van der Waals surface area contributed by atoms with Gasteiger partial charge in [-0.2, -0.15) is 0 Å². The second kappa shape index (κ2) is 10.8. The maximum atomic E-state index is 13.4. The molecule has 0 saturated carbocycles. The summed E-state index contributed by atoms with van der Waals surface area (Å²) >= 11 is 0. The molecule has 2 aromatic carbocycles. The van der Waals surface area contributed by atoms with Crippen LogP contribution in [0, 0.1) is 11.6 Å². The zero-order valence-electron chi connectivity index (χ0n) is 17.9. The van der Waals surface area contributed by atoms with Crippen LogP contribution in [0.4, 0.5) is 8.78 Å². The Bertz CT molecular complexity index is 799. The van der Waals surface area contributed by atoms with Crippen molar-refractivity contribution < 1.29 is 28.5 Å². The number of aliphatic hydroxyl groups is 2. The topological polar surface area (TPSA) is 65.4 Å². The molecule has 0 spiro atoms. The van der Waals surface area contributed by atoms with Crippen LogP contribution in [0.3, 0.4) is 0 Å². The number of morpholine rings is 1. The van der Waals surface area contributed by atoms with E-state index < -0.39 is 12.2 Å². The summed E-state index contributed by atoms with van der Waals surface area (Å²) in [4.78, 5) is 4.31. The van der Waals surface area contributed by atoms with Gasteiger partial charge in [0.15, 0.2) is 0 Å². The molecule has 4 rings (SSSR count). The van der Waals surface area contributed by atoms with Crippen LogP contribution in [-0.4, -0.2) is 83.8 Å². The van der Waals surface area contributed by atoms with Crippen LogP contribution in [0.25, 0.3) is 0 Å². The smallest absolute Gasteiger partial charge is 0.123 e. The number of nitrogens with zero attached hydrogens (tertiary/aromatic N) is 2. The minimum absolute atomic E-state index is 0.256. The highest BCUT2D eigenvalue weighted by Crippen LogP contribution is 2.28. The summed E-state index contributed by atoms with van der Waals surface area (Å²) in [6, 6.07) is 12.4. The van der Waals surface area contributed by atoms with E-state index in [9.17, 15) is 19.0 Å². The molecule has 2 aromatic rings. The second-order valence-electron chi connectivity index (χ2n) is 8.45. The van der Waals surface area contributed by atoms with Crippen molar-refractivity contribution in [2.75, 3.05) is 39.5 Å². The van der Waals surface area contributed by atoms with E-state index in [2.05, 4.69) is 9.80 Å². The minimum Gasteiger partial charge on any atom is -0.394 e. The molecule has 2 aliphatic rings. The Hall–Kier alpha value is -1.94. The maximum absolute atomic E-state index is 13.4. The average molecular weight is 449 g/mol. The first kappa shape index (κ1) is 23.2. The van der Waals surface area contributed by atoms with Crippen LogP contribution < -0.4 is 0 Å². The van der Waals surface area contributed by atoms with Crippen LogP contribution in [-0.2, 0) is 22.6 Å². The fourth-order valence-corrected chi connectivity index (χ4v) is 4.59. The van der Waals surface area contributed by atoms with Crippen molar-refractivity contribution in [2.24, 2.45) is 0 Å². The number of hydrogen-bond donors (Lipinski definition) is 2. The Morgan fingerprint density at radius 2 is 1.41 bits per heavy atom. The average Bonchev–Trinajstić information content (AvgIpc) is 3.12. The van der Waals surface area contributed by atoms with Crippen LogP contribution in [0.2, 0.25) is 0 Å². The van der Waals surface area contributed by atoms with Gasteiger partial charge in [0.05, 0.1) is 32.0 Å². The van der Waals surface area contributed by atoms with E-state index in [-0.39, 0.29) is 30.4 Å². The molecule has 0 aliphatic carbocycles. The molecular formula is C24H30F2N2O4. The molecule has 174 valence electrons. The summed E-state index contributed by atoms with van der Waals surface area (Å²) in [7, 11) is 0. The van der Waals surface area contributed by atoms with Gasteiger partial charge in [-0.3, -0.25) is 9.80 Å². The third kappa shape index (κ3) is 5.70. The van der Waals surface area contributed by atoms with Crippen molar-refractivity contribution in [2.45, 2.75) is 37.4 Å². The molecule has 6 nitrogen and oxygen atoms in total. The summed E-state index contributed by atoms with van der Waals surface area (Å²) in [5.74, 6) is -0.585. The van der Waals surface area contributed by atoms with Gasteiger partial charge in [0, 0.05) is 32.7 Å². The van der Waals surface area contributed by atoms with Crippen LogP contribution in [0.15, 0.2) is 48.5 Å². The molecule has 2 aliphatic heterocycles. The van der Waals surface area contributed by atoms with Crippen LogP contribution in [0.5, 0.6) is 0 Å². The van der Waals surface area contributed by atoms with Crippen LogP contribution in [0.1, 0.15) is 11.1 Å². The Labute approximate surface area is 187 Å². The monoisotopic (exact) mass is 448 g/mol. The van der Waals surface area contributed by atoms with Gasteiger partial charge in [0.25, 0.3) is 0 Å². The first-order valence-electron chi connectivity index (χ1n) is 11.0. The summed E-state index contributed by atoms with van der Waals surface area (Å²) in [5, 5.41) is 20.6. The zero-order chi connectivity index (χ0) is 22.5. The molecule has 0 bridgehead atoms. The van der Waals surface area contributed by atoms with E-state index in [1.54, 1.807) is 24.3 Å². The van der Waals surface area contributed by atoms with E-state index in [1.165, 1.54) is 24.3 Å². The molecule has 2 saturated heterocycles.